The van der Waals surface area contributed by atoms with Crippen LogP contribution < -0.4 is 4.72 Å². The molecule has 0 aromatic carbocycles. The van der Waals surface area contributed by atoms with Gasteiger partial charge in [-0.2, -0.15) is 0 Å². The van der Waals surface area contributed by atoms with Gasteiger partial charge >= 0.3 is 5.97 Å². The van der Waals surface area contributed by atoms with E-state index in [1.807, 2.05) is 0 Å². The first-order valence-corrected chi connectivity index (χ1v) is 14.1. The Morgan fingerprint density at radius 2 is 1.47 bits per heavy atom. The van der Waals surface area contributed by atoms with Crippen LogP contribution in [0, 0.1) is 5.92 Å². The van der Waals surface area contributed by atoms with E-state index in [0.717, 1.165) is 0 Å². The molecule has 0 saturated carbocycles. The van der Waals surface area contributed by atoms with E-state index in [1.54, 1.807) is 0 Å². The summed E-state index contributed by atoms with van der Waals surface area (Å²) in [6.45, 7) is -3.60. The first-order valence-electron chi connectivity index (χ1n) is 10.0. The van der Waals surface area contributed by atoms with Gasteiger partial charge in [-0.3, -0.25) is 8.37 Å². The van der Waals surface area contributed by atoms with Crippen LogP contribution in [0.1, 0.15) is 0 Å². The molecule has 10 atom stereocenters. The monoisotopic (exact) mass is 620 g/mol. The van der Waals surface area contributed by atoms with E-state index in [1.165, 1.54) is 4.72 Å². The van der Waals surface area contributed by atoms with E-state index in [0.29, 0.717) is 0 Å². The van der Waals surface area contributed by atoms with Crippen LogP contribution in [0.15, 0.2) is 0 Å². The highest BCUT2D eigenvalue weighted by Crippen LogP contribution is 2.33. The third kappa shape index (κ3) is 8.91. The lowest BCUT2D eigenvalue weighted by Gasteiger charge is -2.48. The number of carboxylic acids is 1. The third-order valence-corrected chi connectivity index (χ3v) is 6.79. The van der Waals surface area contributed by atoms with Gasteiger partial charge in [0.05, 0.1) is 32.0 Å². The maximum absolute atomic E-state index is 11.6. The lowest BCUT2D eigenvalue weighted by Crippen LogP contribution is -2.68. The van der Waals surface area contributed by atoms with Gasteiger partial charge in [0.1, 0.15) is 24.4 Å². The summed E-state index contributed by atoms with van der Waals surface area (Å²) in [5.41, 5.74) is 0. The number of hydrogen-bond donors (Lipinski definition) is 6. The Balaban J connectivity index is 2.52. The molecule has 21 nitrogen and oxygen atoms in total. The molecule has 0 aromatic rings. The van der Waals surface area contributed by atoms with Crippen molar-refractivity contribution >= 4 is 37.1 Å². The number of carboxylic acid groups (broad SMARTS) is 1. The quantitative estimate of drug-likeness (QED) is 0.0871. The molecule has 224 valence electrons. The smallest absolute Gasteiger partial charge is 0.333 e. The van der Waals surface area contributed by atoms with Crippen LogP contribution in [0.3, 0.4) is 0 Å². The highest BCUT2D eigenvalue weighted by Gasteiger charge is 2.54. The van der Waals surface area contributed by atoms with Crippen molar-refractivity contribution in [1.82, 2.24) is 4.72 Å². The van der Waals surface area contributed by atoms with Crippen molar-refractivity contribution in [2.24, 2.45) is 5.92 Å². The van der Waals surface area contributed by atoms with Gasteiger partial charge in [-0.1, -0.05) is 0 Å². The number of rotatable bonds is 12. The van der Waals surface area contributed by atoms with Crippen molar-refractivity contribution in [2.75, 3.05) is 19.8 Å². The molecular weight excluding hydrogens is 598 g/mol. The Morgan fingerprint density at radius 3 is 1.92 bits per heavy atom. The van der Waals surface area contributed by atoms with Gasteiger partial charge in [0, 0.05) is 5.92 Å². The molecule has 6 N–H and O–H groups in total. The summed E-state index contributed by atoms with van der Waals surface area (Å²) >= 11 is 0. The van der Waals surface area contributed by atoms with Crippen LogP contribution in [0.25, 0.3) is 0 Å². The van der Waals surface area contributed by atoms with Gasteiger partial charge in [-0.15, -0.1) is 0 Å². The largest absolute Gasteiger partial charge is 0.735 e. The zero-order chi connectivity index (χ0) is 29.2. The Hall–Kier alpha value is -1.20. The molecule has 0 spiro atoms. The molecule has 0 amide bonds. The molecule has 2 saturated heterocycles. The standard InChI is InChI=1S/C14H25NO20S3/c16-1-4-8(18)12(35-38(28,29)30)14(33-10(4)13(20)21)34-11-6(3-31-37(25,26)27)32-5(2-17)7(9(11)19)15-36(22,23)24/h4-12,14-19H,1-3H2,(H,20,21)(H,22,23,24)(H,25,26,27)(H,28,29,30)/p-3. The summed E-state index contributed by atoms with van der Waals surface area (Å²) in [5, 5.41) is 49.4. The Labute approximate surface area is 214 Å². The highest BCUT2D eigenvalue weighted by molar-refractivity contribution is 7.83. The van der Waals surface area contributed by atoms with Crippen LogP contribution >= 0.6 is 0 Å². The van der Waals surface area contributed by atoms with Crippen LogP contribution in [0.2, 0.25) is 0 Å². The van der Waals surface area contributed by atoms with Crippen molar-refractivity contribution < 1.29 is 91.8 Å². The number of aliphatic carboxylic acids is 1. The number of hydrogen-bond acceptors (Lipinski definition) is 19. The lowest BCUT2D eigenvalue weighted by atomic mass is 9.89. The molecule has 10 unspecified atom stereocenters. The third-order valence-electron chi connectivity index (χ3n) is 5.35. The summed E-state index contributed by atoms with van der Waals surface area (Å²) in [6.07, 6.45) is -17.8. The van der Waals surface area contributed by atoms with Crippen molar-refractivity contribution in [2.45, 2.75) is 55.1 Å². The molecule has 2 heterocycles. The van der Waals surface area contributed by atoms with Crippen molar-refractivity contribution in [3.63, 3.8) is 0 Å². The summed E-state index contributed by atoms with van der Waals surface area (Å²) in [6, 6.07) is -2.07. The topological polar surface area (TPSA) is 348 Å². The molecule has 24 heteroatoms. The molecule has 2 aliphatic heterocycles. The van der Waals surface area contributed by atoms with Gasteiger partial charge in [0.25, 0.3) is 0 Å². The molecule has 0 aliphatic carbocycles. The maximum atomic E-state index is 11.6. The minimum absolute atomic E-state index is 1.13. The average molecular weight is 621 g/mol. The second kappa shape index (κ2) is 12.5. The Morgan fingerprint density at radius 1 is 0.868 bits per heavy atom. The highest BCUT2D eigenvalue weighted by atomic mass is 32.3. The first-order chi connectivity index (χ1) is 17.3. The fraction of sp³-hybridized carbons (Fsp3) is 0.929. The van der Waals surface area contributed by atoms with Crippen LogP contribution in [-0.2, 0) is 58.5 Å². The van der Waals surface area contributed by atoms with Crippen molar-refractivity contribution in [3.8, 4) is 0 Å². The van der Waals surface area contributed by atoms with E-state index in [9.17, 15) is 69.2 Å². The number of aliphatic hydroxyl groups is 4. The van der Waals surface area contributed by atoms with E-state index in [-0.39, 0.29) is 0 Å². The molecule has 2 rings (SSSR count). The minimum atomic E-state index is -5.71. The molecular formula is C14H22NO20S3-3. The van der Waals surface area contributed by atoms with Gasteiger partial charge < -0.3 is 53.4 Å². The first kappa shape index (κ1) is 33.0. The van der Waals surface area contributed by atoms with Gasteiger partial charge in [-0.05, 0) is 0 Å². The van der Waals surface area contributed by atoms with Crippen molar-refractivity contribution in [1.29, 1.82) is 0 Å². The average Bonchev–Trinajstić information content (AvgIpc) is 2.75. The van der Waals surface area contributed by atoms with E-state index in [2.05, 4.69) is 8.37 Å². The van der Waals surface area contributed by atoms with Crippen LogP contribution in [0.5, 0.6) is 0 Å². The summed E-state index contributed by atoms with van der Waals surface area (Å²) in [7, 11) is -16.5. The lowest BCUT2D eigenvalue weighted by molar-refractivity contribution is -0.322. The molecule has 2 aliphatic rings. The van der Waals surface area contributed by atoms with Gasteiger partial charge in [0.2, 0.25) is 20.8 Å². The zero-order valence-corrected chi connectivity index (χ0v) is 20.9. The Kier molecular flexibility index (Phi) is 10.9. The predicted octanol–water partition coefficient (Wildman–Crippen LogP) is -6.99. The number of aliphatic hydroxyl groups excluding tert-OH is 4. The number of ether oxygens (including phenoxy) is 3. The van der Waals surface area contributed by atoms with E-state index >= 15 is 0 Å². The predicted molar refractivity (Wildman–Crippen MR) is 106 cm³/mol. The fourth-order valence-corrected chi connectivity index (χ4v) is 5.21. The SMILES string of the molecule is O=C(O)C1OC(OC2C(COS(=O)(=O)[O-])OC(CO)C(NS(=O)(=O)[O-])C2O)C(OS(=O)(=O)[O-])C(O)C1CO. The molecule has 38 heavy (non-hydrogen) atoms. The van der Waals surface area contributed by atoms with Gasteiger partial charge in [0.15, 0.2) is 28.8 Å². The molecule has 2 fully saturated rings. The summed E-state index contributed by atoms with van der Waals surface area (Å²) in [5.74, 6) is -3.66. The number of carbonyl (C=O) groups is 1. The van der Waals surface area contributed by atoms with E-state index < -0.39 is 118 Å². The molecule has 0 aromatic heterocycles. The van der Waals surface area contributed by atoms with Crippen LogP contribution in [-0.4, -0.2) is 145 Å². The normalized spacial score (nSPS) is 37.1. The van der Waals surface area contributed by atoms with Crippen LogP contribution in [0.4, 0.5) is 0 Å². The second-order valence-corrected chi connectivity index (χ2v) is 11.1. The molecule has 0 bridgehead atoms. The van der Waals surface area contributed by atoms with E-state index in [4.69, 9.17) is 14.2 Å². The fourth-order valence-electron chi connectivity index (χ4n) is 3.81. The maximum Gasteiger partial charge on any atom is 0.333 e. The molecule has 0 radical (unpaired) electrons. The number of nitrogens with one attached hydrogen (secondary N) is 1. The summed E-state index contributed by atoms with van der Waals surface area (Å²) in [4.78, 5) is 11.6. The second-order valence-electron chi connectivity index (χ2n) is 7.85. The minimum Gasteiger partial charge on any atom is -0.735 e. The Bertz CT molecular complexity index is 1140. The van der Waals surface area contributed by atoms with Gasteiger partial charge in [-0.25, -0.2) is 34.8 Å². The zero-order valence-electron chi connectivity index (χ0n) is 18.5. The van der Waals surface area contributed by atoms with Crippen molar-refractivity contribution in [3.05, 3.63) is 0 Å². The summed E-state index contributed by atoms with van der Waals surface area (Å²) < 4.78 is 125.